The van der Waals surface area contributed by atoms with E-state index in [2.05, 4.69) is 0 Å². The smallest absolute Gasteiger partial charge is 0.341 e. The molecule has 0 aliphatic heterocycles. The number of carboxylic acid groups (broad SMARTS) is 3. The summed E-state index contributed by atoms with van der Waals surface area (Å²) in [5.74, 6) is -3.27. The molecule has 0 amide bonds. The fourth-order valence-corrected chi connectivity index (χ4v) is 11.2. The minimum Gasteiger partial charge on any atom is -0.508 e. The number of carboxylic acids is 3. The molecule has 0 saturated heterocycles. The van der Waals surface area contributed by atoms with Crippen molar-refractivity contribution in [3.05, 3.63) is 227 Å². The topological polar surface area (TPSA) is 221 Å². The van der Waals surface area contributed by atoms with Crippen molar-refractivity contribution in [2.75, 3.05) is 19.8 Å². The number of phenolic OH excluding ortho intramolecular Hbond substituents is 4. The molecular weight excluding hydrogens is 1020 g/mol. The second kappa shape index (κ2) is 24.0. The first-order valence-electron chi connectivity index (χ1n) is 26.6. The Bertz CT molecular complexity index is 3430. The van der Waals surface area contributed by atoms with Crippen molar-refractivity contribution in [3.8, 4) is 51.4 Å². The predicted molar refractivity (Wildman–Crippen MR) is 311 cm³/mol. The Morgan fingerprint density at radius 3 is 0.963 bits per heavy atom. The van der Waals surface area contributed by atoms with Crippen LogP contribution in [0.15, 0.2) is 115 Å². The zero-order valence-corrected chi connectivity index (χ0v) is 47.2. The van der Waals surface area contributed by atoms with Crippen molar-refractivity contribution >= 4 is 17.9 Å². The van der Waals surface area contributed by atoms with Crippen molar-refractivity contribution < 1.29 is 64.3 Å². The molecule has 0 radical (unpaired) electrons. The number of aryl methyl sites for hydroxylation is 10. The summed E-state index contributed by atoms with van der Waals surface area (Å²) in [6, 6.07) is 35.9. The summed E-state index contributed by atoms with van der Waals surface area (Å²) in [7, 11) is 0. The van der Waals surface area contributed by atoms with Gasteiger partial charge < -0.3 is 50.0 Å². The molecule has 81 heavy (non-hydrogen) atoms. The highest BCUT2D eigenvalue weighted by atomic mass is 16.5. The van der Waals surface area contributed by atoms with Crippen LogP contribution in [-0.4, -0.2) is 73.5 Å². The lowest BCUT2D eigenvalue weighted by atomic mass is 9.78. The van der Waals surface area contributed by atoms with Gasteiger partial charge in [0.1, 0.15) is 40.2 Å². The standard InChI is InChI=1S/C68H68O13/c1-35-22-57(69)39(5)18-51(35)64(52-19-40(6)58(70)23-36(52)2)55-28-45(16-43(9)66(55)79-32-61(73)74)26-49-30-48(47-14-12-11-13-15-47)31-50(68(49)81-34-63(77)78)27-46-17-44(10)67(80-33-62(75)76)56(29-46)65(53-20-41(7)59(71)24-37(53)3)54-21-42(8)60(72)25-38(54)4/h11-25,28-31,64-65,69-72H,26-27,32-34H2,1-10H3,(H,73,74)(H,75,76)(H,77,78). The van der Waals surface area contributed by atoms with Crippen LogP contribution in [0.25, 0.3) is 11.1 Å². The Kier molecular flexibility index (Phi) is 17.2. The third-order valence-corrected chi connectivity index (χ3v) is 15.1. The van der Waals surface area contributed by atoms with Gasteiger partial charge in [0.25, 0.3) is 0 Å². The molecule has 0 spiro atoms. The number of aromatic hydroxyl groups is 4. The van der Waals surface area contributed by atoms with E-state index >= 15 is 0 Å². The number of aliphatic carboxylic acids is 3. The molecule has 13 heteroatoms. The van der Waals surface area contributed by atoms with Gasteiger partial charge in [0.2, 0.25) is 0 Å². The number of ether oxygens (including phenoxy) is 3. The Balaban J connectivity index is 1.39. The molecule has 0 bridgehead atoms. The van der Waals surface area contributed by atoms with Crippen LogP contribution in [0.3, 0.4) is 0 Å². The van der Waals surface area contributed by atoms with E-state index in [1.807, 2.05) is 133 Å². The summed E-state index contributed by atoms with van der Waals surface area (Å²) < 4.78 is 18.8. The van der Waals surface area contributed by atoms with Crippen LogP contribution >= 0.6 is 0 Å². The van der Waals surface area contributed by atoms with Crippen molar-refractivity contribution in [2.24, 2.45) is 0 Å². The van der Waals surface area contributed by atoms with Gasteiger partial charge >= 0.3 is 17.9 Å². The number of rotatable bonds is 20. The largest absolute Gasteiger partial charge is 0.508 e. The van der Waals surface area contributed by atoms with E-state index in [0.717, 1.165) is 66.8 Å². The Labute approximate surface area is 472 Å². The summed E-state index contributed by atoms with van der Waals surface area (Å²) in [6.07, 6.45) is 0.383. The molecule has 0 aromatic heterocycles. The van der Waals surface area contributed by atoms with E-state index in [9.17, 15) is 50.1 Å². The van der Waals surface area contributed by atoms with Gasteiger partial charge in [-0.3, -0.25) is 0 Å². The highest BCUT2D eigenvalue weighted by molar-refractivity contribution is 5.73. The number of carbonyl (C=O) groups is 3. The number of hydrogen-bond donors (Lipinski definition) is 7. The van der Waals surface area contributed by atoms with Crippen LogP contribution in [0.5, 0.6) is 40.2 Å². The summed E-state index contributed by atoms with van der Waals surface area (Å²) in [5, 5.41) is 73.8. The van der Waals surface area contributed by atoms with Gasteiger partial charge in [-0.2, -0.15) is 0 Å². The third kappa shape index (κ3) is 12.8. The van der Waals surface area contributed by atoms with E-state index in [1.165, 1.54) is 0 Å². The zero-order chi connectivity index (χ0) is 58.7. The van der Waals surface area contributed by atoms with Gasteiger partial charge in [0, 0.05) is 35.8 Å². The molecule has 8 aromatic carbocycles. The van der Waals surface area contributed by atoms with E-state index in [-0.39, 0.29) is 35.8 Å². The monoisotopic (exact) mass is 1090 g/mol. The summed E-state index contributed by atoms with van der Waals surface area (Å²) in [6.45, 7) is 16.6. The fraction of sp³-hybridized carbons (Fsp3) is 0.250. The molecule has 0 heterocycles. The molecule has 418 valence electrons. The normalized spacial score (nSPS) is 11.3. The minimum absolute atomic E-state index is 0.114. The molecule has 0 atom stereocenters. The molecule has 13 nitrogen and oxygen atoms in total. The molecule has 7 N–H and O–H groups in total. The fourth-order valence-electron chi connectivity index (χ4n) is 11.2. The van der Waals surface area contributed by atoms with Crippen molar-refractivity contribution in [2.45, 2.75) is 93.9 Å². The van der Waals surface area contributed by atoms with E-state index in [0.29, 0.717) is 72.9 Å². The second-order valence-corrected chi connectivity index (χ2v) is 21.4. The van der Waals surface area contributed by atoms with Gasteiger partial charge in [-0.05, 0) is 217 Å². The van der Waals surface area contributed by atoms with Gasteiger partial charge in [-0.15, -0.1) is 0 Å². The Morgan fingerprint density at radius 1 is 0.346 bits per heavy atom. The Morgan fingerprint density at radius 2 is 0.654 bits per heavy atom. The number of hydrogen-bond acceptors (Lipinski definition) is 10. The molecule has 0 aliphatic rings. The van der Waals surface area contributed by atoms with Crippen LogP contribution in [-0.2, 0) is 27.2 Å². The highest BCUT2D eigenvalue weighted by Crippen LogP contribution is 2.47. The first kappa shape index (κ1) is 57.9. The second-order valence-electron chi connectivity index (χ2n) is 21.4. The molecule has 0 fully saturated rings. The SMILES string of the molecule is Cc1cc(C(c2cc(C)c(O)cc2C)c2cc(Cc3cc(-c4ccccc4)cc(Cc4cc(C)c(OCC(=O)O)c(C(c5cc(C)c(O)cc5C)c5cc(C)c(O)cc5C)c4)c3OCC(=O)O)cc(C)c2OCC(=O)O)c(C)cc1O. The average molecular weight is 1090 g/mol. The summed E-state index contributed by atoms with van der Waals surface area (Å²) >= 11 is 0. The number of benzene rings is 8. The van der Waals surface area contributed by atoms with Gasteiger partial charge in [-0.1, -0.05) is 78.9 Å². The van der Waals surface area contributed by atoms with E-state index in [4.69, 9.17) is 14.2 Å². The lowest BCUT2D eigenvalue weighted by Crippen LogP contribution is -2.16. The van der Waals surface area contributed by atoms with Crippen LogP contribution in [0, 0.1) is 69.2 Å². The molecule has 8 aromatic rings. The van der Waals surface area contributed by atoms with Crippen LogP contribution in [0.1, 0.15) is 123 Å². The Hall–Kier alpha value is -9.23. The van der Waals surface area contributed by atoms with Gasteiger partial charge in [0.05, 0.1) is 0 Å². The maximum absolute atomic E-state index is 12.6. The average Bonchev–Trinajstić information content (AvgIpc) is 3.52. The zero-order valence-electron chi connectivity index (χ0n) is 47.2. The van der Waals surface area contributed by atoms with Crippen LogP contribution in [0.2, 0.25) is 0 Å². The molecule has 0 aliphatic carbocycles. The maximum Gasteiger partial charge on any atom is 0.341 e. The molecular formula is C68H68O13. The first-order chi connectivity index (χ1) is 38.4. The van der Waals surface area contributed by atoms with Crippen molar-refractivity contribution in [1.29, 1.82) is 0 Å². The van der Waals surface area contributed by atoms with E-state index in [1.54, 1.807) is 52.0 Å². The van der Waals surface area contributed by atoms with Crippen LogP contribution < -0.4 is 14.2 Å². The lowest BCUT2D eigenvalue weighted by Gasteiger charge is -2.28. The highest BCUT2D eigenvalue weighted by Gasteiger charge is 2.31. The van der Waals surface area contributed by atoms with Gasteiger partial charge in [-0.25, -0.2) is 14.4 Å². The summed E-state index contributed by atoms with van der Waals surface area (Å²) in [5.41, 5.74) is 15.8. The first-order valence-corrected chi connectivity index (χ1v) is 26.6. The molecule has 0 saturated carbocycles. The molecule has 8 rings (SSSR count). The van der Waals surface area contributed by atoms with Crippen LogP contribution in [0.4, 0.5) is 0 Å². The third-order valence-electron chi connectivity index (χ3n) is 15.1. The lowest BCUT2D eigenvalue weighted by molar-refractivity contribution is -0.140. The summed E-state index contributed by atoms with van der Waals surface area (Å²) in [4.78, 5) is 37.0. The quantitative estimate of drug-likeness (QED) is 0.0354. The van der Waals surface area contributed by atoms with E-state index < -0.39 is 49.6 Å². The predicted octanol–water partition coefficient (Wildman–Crippen LogP) is 13.2. The molecule has 0 unspecified atom stereocenters. The number of phenols is 4. The van der Waals surface area contributed by atoms with Crippen molar-refractivity contribution in [3.63, 3.8) is 0 Å². The van der Waals surface area contributed by atoms with Gasteiger partial charge in [0.15, 0.2) is 19.8 Å². The minimum atomic E-state index is -1.20. The maximum atomic E-state index is 12.6. The van der Waals surface area contributed by atoms with Crippen molar-refractivity contribution in [1.82, 2.24) is 0 Å².